The predicted octanol–water partition coefficient (Wildman–Crippen LogP) is 6.09. The maximum Gasteiger partial charge on any atom is 0.251 e. The van der Waals surface area contributed by atoms with E-state index >= 15 is 0 Å². The Hall–Kier alpha value is -3.41. The molecule has 4 aromatic rings. The van der Waals surface area contributed by atoms with E-state index in [0.717, 1.165) is 6.42 Å². The molecule has 0 fully saturated rings. The fraction of sp³-hybridized carbons (Fsp3) is 0.320. The van der Waals surface area contributed by atoms with Gasteiger partial charge in [0.25, 0.3) is 5.91 Å². The van der Waals surface area contributed by atoms with Crippen molar-refractivity contribution in [3.8, 4) is 22.9 Å². The second kappa shape index (κ2) is 7.69. The summed E-state index contributed by atoms with van der Waals surface area (Å²) in [7, 11) is 0. The molecule has 0 saturated heterocycles. The molecule has 0 aliphatic heterocycles. The molecule has 0 unspecified atom stereocenters. The van der Waals surface area contributed by atoms with Crippen LogP contribution in [-0.2, 0) is 0 Å². The van der Waals surface area contributed by atoms with Crippen molar-refractivity contribution in [2.75, 3.05) is 0 Å². The molecule has 6 heteroatoms. The summed E-state index contributed by atoms with van der Waals surface area (Å²) in [5.41, 5.74) is 2.76. The van der Waals surface area contributed by atoms with Crippen LogP contribution in [0.25, 0.3) is 33.9 Å². The molecule has 1 amide bonds. The fourth-order valence-corrected chi connectivity index (χ4v) is 4.12. The van der Waals surface area contributed by atoms with Gasteiger partial charge in [-0.3, -0.25) is 4.79 Å². The van der Waals surface area contributed by atoms with Crippen LogP contribution in [0.2, 0.25) is 0 Å². The van der Waals surface area contributed by atoms with Crippen molar-refractivity contribution in [1.29, 1.82) is 0 Å². The summed E-state index contributed by atoms with van der Waals surface area (Å²) in [6, 6.07) is 12.6. The average molecular weight is 418 g/mol. The molecule has 0 aliphatic carbocycles. The highest BCUT2D eigenvalue weighted by Crippen LogP contribution is 2.32. The summed E-state index contributed by atoms with van der Waals surface area (Å²) in [5, 5.41) is 3.15. The molecule has 1 aromatic carbocycles. The van der Waals surface area contributed by atoms with Crippen LogP contribution in [-0.4, -0.2) is 21.4 Å². The maximum atomic E-state index is 13.0. The number of nitrogens with zero attached hydrogens (tertiary/aromatic N) is 2. The van der Waals surface area contributed by atoms with Crippen molar-refractivity contribution >= 4 is 16.9 Å². The highest BCUT2D eigenvalue weighted by molar-refractivity contribution is 5.98. The van der Waals surface area contributed by atoms with Crippen molar-refractivity contribution in [2.45, 2.75) is 46.6 Å². The van der Waals surface area contributed by atoms with Crippen LogP contribution in [0.1, 0.15) is 51.4 Å². The highest BCUT2D eigenvalue weighted by Gasteiger charge is 2.27. The van der Waals surface area contributed by atoms with Gasteiger partial charge in [-0.15, -0.1) is 0 Å². The van der Waals surface area contributed by atoms with Gasteiger partial charge in [-0.1, -0.05) is 20.8 Å². The lowest BCUT2D eigenvalue weighted by atomic mass is 9.81. The molecule has 0 spiro atoms. The minimum atomic E-state index is -0.335. The number of hydrogen-bond donors (Lipinski definition) is 1. The summed E-state index contributed by atoms with van der Waals surface area (Å²) in [4.78, 5) is 22.5. The Labute approximate surface area is 181 Å². The van der Waals surface area contributed by atoms with E-state index in [1.807, 2.05) is 32.0 Å². The molecule has 6 nitrogen and oxygen atoms in total. The van der Waals surface area contributed by atoms with Crippen LogP contribution in [0, 0.1) is 5.41 Å². The number of carbonyl (C=O) groups is 1. The molecule has 0 atom stereocenters. The van der Waals surface area contributed by atoms with E-state index in [-0.39, 0.29) is 16.9 Å². The Morgan fingerprint density at radius 2 is 1.45 bits per heavy atom. The SMILES string of the molecule is CC(C)(C)CC(C)(C)NC(=O)c1ccc2nc(-c3ccco3)c(-c3ccco3)nc2c1. The number of hydrogen-bond acceptors (Lipinski definition) is 5. The summed E-state index contributed by atoms with van der Waals surface area (Å²) < 4.78 is 11.1. The van der Waals surface area contributed by atoms with Crippen LogP contribution in [0.15, 0.2) is 63.8 Å². The first-order valence-corrected chi connectivity index (χ1v) is 10.3. The normalized spacial score (nSPS) is 12.3. The number of amides is 1. The largest absolute Gasteiger partial charge is 0.463 e. The average Bonchev–Trinajstić information content (AvgIpc) is 3.38. The minimum absolute atomic E-state index is 0.103. The molecule has 4 rings (SSSR count). The molecule has 3 heterocycles. The Morgan fingerprint density at radius 1 is 0.871 bits per heavy atom. The first-order valence-electron chi connectivity index (χ1n) is 10.3. The summed E-state index contributed by atoms with van der Waals surface area (Å²) in [5.74, 6) is 1.06. The third kappa shape index (κ3) is 4.68. The number of benzene rings is 1. The third-order valence-electron chi connectivity index (χ3n) is 4.86. The van der Waals surface area contributed by atoms with Gasteiger partial charge >= 0.3 is 0 Å². The molecule has 3 aromatic heterocycles. The summed E-state index contributed by atoms with van der Waals surface area (Å²) in [6.45, 7) is 10.6. The second-order valence-corrected chi connectivity index (χ2v) is 9.65. The third-order valence-corrected chi connectivity index (χ3v) is 4.86. The van der Waals surface area contributed by atoms with Gasteiger partial charge in [-0.2, -0.15) is 0 Å². The molecule has 0 saturated carbocycles. The topological polar surface area (TPSA) is 81.2 Å². The van der Waals surface area contributed by atoms with Crippen molar-refractivity contribution in [3.05, 3.63) is 60.6 Å². The van der Waals surface area contributed by atoms with E-state index in [1.165, 1.54) is 0 Å². The van der Waals surface area contributed by atoms with Crippen LogP contribution >= 0.6 is 0 Å². The lowest BCUT2D eigenvalue weighted by Crippen LogP contribution is -2.45. The Morgan fingerprint density at radius 3 is 1.97 bits per heavy atom. The van der Waals surface area contributed by atoms with E-state index in [0.29, 0.717) is 39.5 Å². The van der Waals surface area contributed by atoms with Gasteiger partial charge in [0.05, 0.1) is 23.6 Å². The van der Waals surface area contributed by atoms with Gasteiger partial charge in [0, 0.05) is 11.1 Å². The zero-order valence-electron chi connectivity index (χ0n) is 18.5. The second-order valence-electron chi connectivity index (χ2n) is 9.65. The minimum Gasteiger partial charge on any atom is -0.463 e. The van der Waals surface area contributed by atoms with E-state index in [1.54, 1.807) is 36.8 Å². The van der Waals surface area contributed by atoms with Crippen molar-refractivity contribution in [2.24, 2.45) is 5.41 Å². The smallest absolute Gasteiger partial charge is 0.251 e. The van der Waals surface area contributed by atoms with Gasteiger partial charge in [-0.05, 0) is 68.1 Å². The Bertz CT molecular complexity index is 1200. The van der Waals surface area contributed by atoms with Crippen molar-refractivity contribution in [1.82, 2.24) is 15.3 Å². The van der Waals surface area contributed by atoms with E-state index in [2.05, 4.69) is 26.1 Å². The van der Waals surface area contributed by atoms with Crippen molar-refractivity contribution in [3.63, 3.8) is 0 Å². The zero-order chi connectivity index (χ0) is 22.2. The van der Waals surface area contributed by atoms with Gasteiger partial charge in [0.2, 0.25) is 0 Å². The Balaban J connectivity index is 1.72. The van der Waals surface area contributed by atoms with Gasteiger partial charge in [-0.25, -0.2) is 9.97 Å². The first kappa shape index (κ1) is 20.8. The van der Waals surface area contributed by atoms with Crippen LogP contribution in [0.3, 0.4) is 0 Å². The van der Waals surface area contributed by atoms with Gasteiger partial charge in [0.1, 0.15) is 11.4 Å². The summed E-state index contributed by atoms with van der Waals surface area (Å²) in [6.07, 6.45) is 4.04. The van der Waals surface area contributed by atoms with Gasteiger partial charge < -0.3 is 14.2 Å². The van der Waals surface area contributed by atoms with E-state index < -0.39 is 0 Å². The van der Waals surface area contributed by atoms with E-state index in [4.69, 9.17) is 18.8 Å². The lowest BCUT2D eigenvalue weighted by Gasteiger charge is -2.33. The monoisotopic (exact) mass is 417 g/mol. The Kier molecular flexibility index (Phi) is 5.17. The molecule has 31 heavy (non-hydrogen) atoms. The van der Waals surface area contributed by atoms with Crippen LogP contribution in [0.4, 0.5) is 0 Å². The molecule has 160 valence electrons. The number of aromatic nitrogens is 2. The molecule has 0 aliphatic rings. The zero-order valence-corrected chi connectivity index (χ0v) is 18.5. The number of furan rings is 2. The summed E-state index contributed by atoms with van der Waals surface area (Å²) >= 11 is 0. The fourth-order valence-electron chi connectivity index (χ4n) is 4.12. The van der Waals surface area contributed by atoms with Gasteiger partial charge in [0.15, 0.2) is 11.5 Å². The number of fused-ring (bicyclic) bond motifs is 1. The number of nitrogens with one attached hydrogen (secondary N) is 1. The first-order chi connectivity index (χ1) is 14.6. The molecular weight excluding hydrogens is 390 g/mol. The maximum absolute atomic E-state index is 13.0. The predicted molar refractivity (Wildman–Crippen MR) is 121 cm³/mol. The van der Waals surface area contributed by atoms with Crippen LogP contribution in [0.5, 0.6) is 0 Å². The quantitative estimate of drug-likeness (QED) is 0.425. The van der Waals surface area contributed by atoms with Crippen LogP contribution < -0.4 is 5.32 Å². The molecular formula is C25H27N3O3. The standard InChI is InChI=1S/C25H27N3O3/c1-24(2,3)15-25(4,5)28-23(29)16-10-11-17-18(14-16)27-22(20-9-7-13-31-20)21(26-17)19-8-6-12-30-19/h6-14H,15H2,1-5H3,(H,28,29). The number of rotatable bonds is 5. The van der Waals surface area contributed by atoms with E-state index in [9.17, 15) is 4.79 Å². The highest BCUT2D eigenvalue weighted by atomic mass is 16.3. The molecule has 0 bridgehead atoms. The van der Waals surface area contributed by atoms with Crippen molar-refractivity contribution < 1.29 is 13.6 Å². The molecule has 0 radical (unpaired) electrons. The molecule has 1 N–H and O–H groups in total. The lowest BCUT2D eigenvalue weighted by molar-refractivity contribution is 0.0891. The number of carbonyl (C=O) groups excluding carboxylic acids is 1.